The minimum Gasteiger partial charge on any atom is -0.490 e. The molecular weight excluding hydrogens is 356 g/mol. The van der Waals surface area contributed by atoms with E-state index < -0.39 is 5.97 Å². The van der Waals surface area contributed by atoms with Gasteiger partial charge < -0.3 is 19.6 Å². The van der Waals surface area contributed by atoms with Gasteiger partial charge in [0.15, 0.2) is 18.1 Å². The molecule has 2 rings (SSSR count). The van der Waals surface area contributed by atoms with Crippen molar-refractivity contribution < 1.29 is 19.0 Å². The number of nitrogens with zero attached hydrogens (tertiary/aromatic N) is 1. The second-order valence-corrected chi connectivity index (χ2v) is 5.66. The predicted octanol–water partition coefficient (Wildman–Crippen LogP) is 3.41. The zero-order valence-electron chi connectivity index (χ0n) is 14.7. The summed E-state index contributed by atoms with van der Waals surface area (Å²) >= 11 is 5.86. The zero-order valence-corrected chi connectivity index (χ0v) is 15.5. The Balaban J connectivity index is 1.96. The lowest BCUT2D eigenvalue weighted by molar-refractivity contribution is -0.142. The van der Waals surface area contributed by atoms with Crippen LogP contribution in [-0.4, -0.2) is 32.5 Å². The molecule has 0 saturated carbocycles. The second kappa shape index (κ2) is 10.3. The van der Waals surface area contributed by atoms with E-state index in [1.165, 1.54) is 7.11 Å². The van der Waals surface area contributed by atoms with Crippen LogP contribution >= 0.6 is 11.6 Å². The molecule has 0 fully saturated rings. The Morgan fingerprint density at radius 3 is 2.62 bits per heavy atom. The van der Waals surface area contributed by atoms with E-state index >= 15 is 0 Å². The van der Waals surface area contributed by atoms with Crippen LogP contribution in [0.15, 0.2) is 47.6 Å². The third-order valence-corrected chi connectivity index (χ3v) is 3.59. The summed E-state index contributed by atoms with van der Waals surface area (Å²) in [6.07, 6.45) is 1.68. The molecule has 0 amide bonds. The first kappa shape index (κ1) is 19.6. The highest BCUT2D eigenvalue weighted by atomic mass is 35.5. The van der Waals surface area contributed by atoms with Crippen molar-refractivity contribution in [2.24, 2.45) is 5.10 Å². The predicted molar refractivity (Wildman–Crippen MR) is 101 cm³/mol. The van der Waals surface area contributed by atoms with E-state index in [9.17, 15) is 4.79 Å². The van der Waals surface area contributed by atoms with Gasteiger partial charge in [-0.3, -0.25) is 0 Å². The largest absolute Gasteiger partial charge is 0.490 e. The minimum absolute atomic E-state index is 0.174. The van der Waals surface area contributed by atoms with Crippen molar-refractivity contribution in [3.63, 3.8) is 0 Å². The topological polar surface area (TPSA) is 69.1 Å². The standard InChI is InChI=1S/C19H21ClN2O4/c1-3-25-18-10-15(6-9-17(18)26-13-19(23)24-2)12-22-21-11-14-4-7-16(20)8-5-14/h4-10,12,21H,3,11,13H2,1-2H3/b22-12-. The van der Waals surface area contributed by atoms with Crippen LogP contribution in [0.1, 0.15) is 18.1 Å². The maximum Gasteiger partial charge on any atom is 0.343 e. The summed E-state index contributed by atoms with van der Waals surface area (Å²) in [7, 11) is 1.31. The number of hydrogen-bond donors (Lipinski definition) is 1. The Morgan fingerprint density at radius 2 is 1.92 bits per heavy atom. The van der Waals surface area contributed by atoms with E-state index in [1.807, 2.05) is 37.3 Å². The van der Waals surface area contributed by atoms with Crippen LogP contribution in [0.25, 0.3) is 0 Å². The summed E-state index contributed by atoms with van der Waals surface area (Å²) in [6.45, 7) is 2.77. The number of esters is 1. The molecule has 0 spiro atoms. The number of nitrogens with one attached hydrogen (secondary N) is 1. The molecule has 138 valence electrons. The maximum atomic E-state index is 11.2. The first-order valence-electron chi connectivity index (χ1n) is 8.09. The van der Waals surface area contributed by atoms with E-state index in [-0.39, 0.29) is 6.61 Å². The van der Waals surface area contributed by atoms with Gasteiger partial charge >= 0.3 is 5.97 Å². The molecule has 0 atom stereocenters. The third-order valence-electron chi connectivity index (χ3n) is 3.34. The Labute approximate surface area is 157 Å². The van der Waals surface area contributed by atoms with Crippen molar-refractivity contribution in [1.29, 1.82) is 0 Å². The number of rotatable bonds is 9. The van der Waals surface area contributed by atoms with Gasteiger partial charge in [-0.1, -0.05) is 23.7 Å². The van der Waals surface area contributed by atoms with E-state index in [4.69, 9.17) is 21.1 Å². The molecule has 2 aromatic carbocycles. The SMILES string of the molecule is CCOc1cc(/C=N\NCc2ccc(Cl)cc2)ccc1OCC(=O)OC. The lowest BCUT2D eigenvalue weighted by Gasteiger charge is -2.11. The number of carbonyl (C=O) groups is 1. The minimum atomic E-state index is -0.454. The van der Waals surface area contributed by atoms with Gasteiger partial charge in [0, 0.05) is 5.02 Å². The second-order valence-electron chi connectivity index (χ2n) is 5.22. The van der Waals surface area contributed by atoms with Gasteiger partial charge in [-0.05, 0) is 48.4 Å². The molecule has 0 saturated heterocycles. The maximum absolute atomic E-state index is 11.2. The van der Waals surface area contributed by atoms with Crippen LogP contribution in [-0.2, 0) is 16.1 Å². The van der Waals surface area contributed by atoms with Gasteiger partial charge in [0.05, 0.1) is 26.5 Å². The molecule has 0 bridgehead atoms. The molecule has 0 aliphatic rings. The van der Waals surface area contributed by atoms with Gasteiger partial charge in [0.2, 0.25) is 0 Å². The quantitative estimate of drug-likeness (QED) is 0.412. The number of ether oxygens (including phenoxy) is 3. The third kappa shape index (κ3) is 6.29. The van der Waals surface area contributed by atoms with Crippen LogP contribution in [0.5, 0.6) is 11.5 Å². The number of halogens is 1. The van der Waals surface area contributed by atoms with Crippen molar-refractivity contribution in [3.8, 4) is 11.5 Å². The van der Waals surface area contributed by atoms with Gasteiger partial charge in [-0.2, -0.15) is 5.10 Å². The Hall–Kier alpha value is -2.73. The molecule has 0 aliphatic carbocycles. The molecule has 0 aliphatic heterocycles. The summed E-state index contributed by atoms with van der Waals surface area (Å²) in [5.74, 6) is 0.561. The average molecular weight is 377 g/mol. The average Bonchev–Trinajstić information content (AvgIpc) is 2.66. The van der Waals surface area contributed by atoms with Crippen molar-refractivity contribution >= 4 is 23.8 Å². The van der Waals surface area contributed by atoms with Crippen molar-refractivity contribution in [2.45, 2.75) is 13.5 Å². The van der Waals surface area contributed by atoms with Crippen molar-refractivity contribution in [2.75, 3.05) is 20.3 Å². The number of methoxy groups -OCH3 is 1. The number of hydrazone groups is 1. The van der Waals surface area contributed by atoms with Crippen molar-refractivity contribution in [3.05, 3.63) is 58.6 Å². The Kier molecular flexibility index (Phi) is 7.76. The molecule has 0 radical (unpaired) electrons. The van der Waals surface area contributed by atoms with Gasteiger partial charge in [0.25, 0.3) is 0 Å². The molecule has 6 nitrogen and oxygen atoms in total. The normalized spacial score (nSPS) is 10.6. The lowest BCUT2D eigenvalue weighted by Crippen LogP contribution is -2.13. The van der Waals surface area contributed by atoms with E-state index in [1.54, 1.807) is 18.3 Å². The number of benzene rings is 2. The molecule has 7 heteroatoms. The fourth-order valence-electron chi connectivity index (χ4n) is 2.05. The zero-order chi connectivity index (χ0) is 18.8. The highest BCUT2D eigenvalue weighted by Crippen LogP contribution is 2.28. The van der Waals surface area contributed by atoms with Gasteiger partial charge in [0.1, 0.15) is 0 Å². The van der Waals surface area contributed by atoms with Gasteiger partial charge in [-0.15, -0.1) is 0 Å². The summed E-state index contributed by atoms with van der Waals surface area (Å²) in [4.78, 5) is 11.2. The van der Waals surface area contributed by atoms with Crippen LogP contribution in [0, 0.1) is 0 Å². The highest BCUT2D eigenvalue weighted by molar-refractivity contribution is 6.30. The fraction of sp³-hybridized carbons (Fsp3) is 0.263. The smallest absolute Gasteiger partial charge is 0.343 e. The number of hydrogen-bond acceptors (Lipinski definition) is 6. The van der Waals surface area contributed by atoms with Crippen molar-refractivity contribution in [1.82, 2.24) is 5.43 Å². The van der Waals surface area contributed by atoms with Gasteiger partial charge in [-0.25, -0.2) is 4.79 Å². The lowest BCUT2D eigenvalue weighted by atomic mass is 10.2. The highest BCUT2D eigenvalue weighted by Gasteiger charge is 2.08. The Bertz CT molecular complexity index is 748. The van der Waals surface area contributed by atoms with Crippen LogP contribution in [0.3, 0.4) is 0 Å². The first-order valence-corrected chi connectivity index (χ1v) is 8.47. The molecular formula is C19H21ClN2O4. The molecule has 26 heavy (non-hydrogen) atoms. The summed E-state index contributed by atoms with van der Waals surface area (Å²) in [5, 5.41) is 4.90. The van der Waals surface area contributed by atoms with Crippen LogP contribution < -0.4 is 14.9 Å². The van der Waals surface area contributed by atoms with E-state index in [2.05, 4.69) is 15.3 Å². The first-order chi connectivity index (χ1) is 12.6. The summed E-state index contributed by atoms with van der Waals surface area (Å²) in [5.41, 5.74) is 4.89. The fourth-order valence-corrected chi connectivity index (χ4v) is 2.17. The molecule has 0 aromatic heterocycles. The molecule has 0 heterocycles. The molecule has 2 aromatic rings. The van der Waals surface area contributed by atoms with E-state index in [0.29, 0.717) is 29.7 Å². The summed E-state index contributed by atoms with van der Waals surface area (Å²) < 4.78 is 15.5. The van der Waals surface area contributed by atoms with Crippen LogP contribution in [0.4, 0.5) is 0 Å². The molecule has 1 N–H and O–H groups in total. The summed E-state index contributed by atoms with van der Waals surface area (Å²) in [6, 6.07) is 12.9. The Morgan fingerprint density at radius 1 is 1.15 bits per heavy atom. The monoisotopic (exact) mass is 376 g/mol. The van der Waals surface area contributed by atoms with Crippen LogP contribution in [0.2, 0.25) is 5.02 Å². The number of carbonyl (C=O) groups excluding carboxylic acids is 1. The molecule has 0 unspecified atom stereocenters. The van der Waals surface area contributed by atoms with E-state index in [0.717, 1.165) is 11.1 Å².